The fourth-order valence-corrected chi connectivity index (χ4v) is 2.96. The van der Waals surface area contributed by atoms with Gasteiger partial charge in [-0.1, -0.05) is 30.3 Å². The predicted octanol–water partition coefficient (Wildman–Crippen LogP) is 3.13. The van der Waals surface area contributed by atoms with E-state index in [-0.39, 0.29) is 12.1 Å². The van der Waals surface area contributed by atoms with E-state index in [0.29, 0.717) is 25.9 Å². The van der Waals surface area contributed by atoms with Gasteiger partial charge in [-0.2, -0.15) is 0 Å². The predicted molar refractivity (Wildman–Crippen MR) is 87.2 cm³/mol. The van der Waals surface area contributed by atoms with E-state index >= 15 is 0 Å². The molecule has 1 aliphatic rings. The molecule has 0 aliphatic carbocycles. The molecule has 1 heterocycles. The van der Waals surface area contributed by atoms with Gasteiger partial charge in [0.1, 0.15) is 5.60 Å². The summed E-state index contributed by atoms with van der Waals surface area (Å²) >= 11 is 0. The number of hydrogen-bond acceptors (Lipinski definition) is 4. The molecule has 5 nitrogen and oxygen atoms in total. The van der Waals surface area contributed by atoms with Crippen LogP contribution in [0.3, 0.4) is 0 Å². The Kier molecular flexibility index (Phi) is 4.97. The summed E-state index contributed by atoms with van der Waals surface area (Å²) in [6.45, 7) is 6.48. The van der Waals surface area contributed by atoms with E-state index in [1.807, 2.05) is 51.1 Å². The van der Waals surface area contributed by atoms with E-state index in [1.165, 1.54) is 7.11 Å². The minimum atomic E-state index is -0.686. The van der Waals surface area contributed by atoms with Crippen molar-refractivity contribution in [2.75, 3.05) is 20.2 Å². The van der Waals surface area contributed by atoms with Crippen LogP contribution < -0.4 is 0 Å². The van der Waals surface area contributed by atoms with Gasteiger partial charge in [-0.15, -0.1) is 0 Å². The highest BCUT2D eigenvalue weighted by Crippen LogP contribution is 2.37. The monoisotopic (exact) mass is 319 g/mol. The third kappa shape index (κ3) is 3.84. The maximum Gasteiger partial charge on any atom is 0.410 e. The zero-order valence-electron chi connectivity index (χ0n) is 14.3. The van der Waals surface area contributed by atoms with Crippen LogP contribution in [0, 0.1) is 0 Å². The van der Waals surface area contributed by atoms with Crippen LogP contribution in [0.5, 0.6) is 0 Å². The number of ether oxygens (including phenoxy) is 2. The van der Waals surface area contributed by atoms with E-state index in [1.54, 1.807) is 4.90 Å². The van der Waals surface area contributed by atoms with Crippen molar-refractivity contribution in [2.45, 2.75) is 44.6 Å². The van der Waals surface area contributed by atoms with Gasteiger partial charge < -0.3 is 14.4 Å². The number of hydrogen-bond donors (Lipinski definition) is 0. The highest BCUT2D eigenvalue weighted by atomic mass is 16.6. The molecule has 0 N–H and O–H groups in total. The molecule has 0 bridgehead atoms. The van der Waals surface area contributed by atoms with Gasteiger partial charge in [0.2, 0.25) is 0 Å². The molecule has 0 unspecified atom stereocenters. The fraction of sp³-hybridized carbons (Fsp3) is 0.556. The zero-order chi connectivity index (χ0) is 17.1. The Balaban J connectivity index is 2.15. The molecule has 1 aliphatic heterocycles. The van der Waals surface area contributed by atoms with E-state index in [0.717, 1.165) is 5.56 Å². The Morgan fingerprint density at radius 1 is 1.09 bits per heavy atom. The van der Waals surface area contributed by atoms with Crippen molar-refractivity contribution < 1.29 is 19.1 Å². The van der Waals surface area contributed by atoms with Crippen LogP contribution in [0.25, 0.3) is 0 Å². The number of piperidine rings is 1. The summed E-state index contributed by atoms with van der Waals surface area (Å²) in [7, 11) is 1.41. The normalized spacial score (nSPS) is 17.5. The first kappa shape index (κ1) is 17.3. The van der Waals surface area contributed by atoms with Crippen molar-refractivity contribution in [2.24, 2.45) is 0 Å². The lowest BCUT2D eigenvalue weighted by atomic mass is 9.73. The maximum absolute atomic E-state index is 12.4. The second-order valence-electron chi connectivity index (χ2n) is 6.91. The van der Waals surface area contributed by atoms with Gasteiger partial charge in [0.15, 0.2) is 0 Å². The summed E-state index contributed by atoms with van der Waals surface area (Å²) in [5.74, 6) is -0.243. The third-order valence-corrected chi connectivity index (χ3v) is 4.17. The topological polar surface area (TPSA) is 55.8 Å². The maximum atomic E-state index is 12.4. The number of carbonyl (C=O) groups is 2. The van der Waals surface area contributed by atoms with Crippen molar-refractivity contribution in [3.8, 4) is 0 Å². The SMILES string of the molecule is COC(=O)C1(c2ccccc2)CCN(C(=O)OC(C)(C)C)CC1. The average Bonchev–Trinajstić information content (AvgIpc) is 2.53. The molecule has 0 spiro atoms. The highest BCUT2D eigenvalue weighted by Gasteiger charge is 2.45. The van der Waals surface area contributed by atoms with Crippen LogP contribution in [-0.2, 0) is 19.7 Å². The summed E-state index contributed by atoms with van der Waals surface area (Å²) in [6, 6.07) is 9.64. The summed E-state index contributed by atoms with van der Waals surface area (Å²) in [5.41, 5.74) is -0.266. The average molecular weight is 319 g/mol. The largest absolute Gasteiger partial charge is 0.468 e. The molecule has 1 aromatic rings. The number of likely N-dealkylation sites (tertiary alicyclic amines) is 1. The second kappa shape index (κ2) is 6.60. The molecule has 5 heteroatoms. The molecule has 1 amide bonds. The van der Waals surface area contributed by atoms with E-state index in [9.17, 15) is 9.59 Å². The number of carbonyl (C=O) groups excluding carboxylic acids is 2. The second-order valence-corrected chi connectivity index (χ2v) is 6.91. The van der Waals surface area contributed by atoms with E-state index in [2.05, 4.69) is 0 Å². The summed E-state index contributed by atoms with van der Waals surface area (Å²) < 4.78 is 10.5. The number of esters is 1. The lowest BCUT2D eigenvalue weighted by molar-refractivity contribution is -0.149. The fourth-order valence-electron chi connectivity index (χ4n) is 2.96. The Labute approximate surface area is 137 Å². The number of amides is 1. The summed E-state index contributed by atoms with van der Waals surface area (Å²) in [5, 5.41) is 0. The number of rotatable bonds is 2. The van der Waals surface area contributed by atoms with Crippen molar-refractivity contribution in [3.63, 3.8) is 0 Å². The van der Waals surface area contributed by atoms with Gasteiger partial charge in [-0.3, -0.25) is 4.79 Å². The third-order valence-electron chi connectivity index (χ3n) is 4.17. The highest BCUT2D eigenvalue weighted by molar-refractivity contribution is 5.83. The first-order valence-electron chi connectivity index (χ1n) is 7.90. The van der Waals surface area contributed by atoms with Crippen LogP contribution in [0.4, 0.5) is 4.79 Å². The smallest absolute Gasteiger partial charge is 0.410 e. The first-order chi connectivity index (χ1) is 10.8. The molecule has 126 valence electrons. The van der Waals surface area contributed by atoms with Crippen LogP contribution in [0.1, 0.15) is 39.2 Å². The summed E-state index contributed by atoms with van der Waals surface area (Å²) in [6.07, 6.45) is 0.732. The Morgan fingerprint density at radius 3 is 2.13 bits per heavy atom. The number of nitrogens with zero attached hydrogens (tertiary/aromatic N) is 1. The van der Waals surface area contributed by atoms with Crippen molar-refractivity contribution in [1.29, 1.82) is 0 Å². The van der Waals surface area contributed by atoms with Crippen LogP contribution in [0.15, 0.2) is 30.3 Å². The van der Waals surface area contributed by atoms with Crippen molar-refractivity contribution >= 4 is 12.1 Å². The Bertz CT molecular complexity index is 554. The lowest BCUT2D eigenvalue weighted by Crippen LogP contribution is -2.50. The van der Waals surface area contributed by atoms with Crippen molar-refractivity contribution in [1.82, 2.24) is 4.90 Å². The van der Waals surface area contributed by atoms with Crippen molar-refractivity contribution in [3.05, 3.63) is 35.9 Å². The van der Waals surface area contributed by atoms with Gasteiger partial charge in [0, 0.05) is 13.1 Å². The Hall–Kier alpha value is -2.04. The lowest BCUT2D eigenvalue weighted by Gasteiger charge is -2.40. The summed E-state index contributed by atoms with van der Waals surface area (Å²) in [4.78, 5) is 26.3. The van der Waals surface area contributed by atoms with Gasteiger partial charge in [-0.05, 0) is 39.2 Å². The Morgan fingerprint density at radius 2 is 1.65 bits per heavy atom. The first-order valence-corrected chi connectivity index (χ1v) is 7.90. The molecule has 0 aromatic heterocycles. The quantitative estimate of drug-likeness (QED) is 0.786. The minimum absolute atomic E-state index is 0.243. The van der Waals surface area contributed by atoms with Crippen LogP contribution in [-0.4, -0.2) is 42.8 Å². The van der Waals surface area contributed by atoms with Gasteiger partial charge >= 0.3 is 12.1 Å². The number of methoxy groups -OCH3 is 1. The van der Waals surface area contributed by atoms with Gasteiger partial charge in [0.05, 0.1) is 12.5 Å². The van der Waals surface area contributed by atoms with Gasteiger partial charge in [-0.25, -0.2) is 4.79 Å². The zero-order valence-corrected chi connectivity index (χ0v) is 14.3. The van der Waals surface area contributed by atoms with Crippen LogP contribution in [0.2, 0.25) is 0 Å². The molecular weight excluding hydrogens is 294 g/mol. The molecule has 0 atom stereocenters. The molecule has 0 saturated carbocycles. The minimum Gasteiger partial charge on any atom is -0.468 e. The van der Waals surface area contributed by atoms with Gasteiger partial charge in [0.25, 0.3) is 0 Å². The van der Waals surface area contributed by atoms with E-state index in [4.69, 9.17) is 9.47 Å². The molecular formula is C18H25NO4. The van der Waals surface area contributed by atoms with E-state index < -0.39 is 11.0 Å². The molecule has 0 radical (unpaired) electrons. The van der Waals surface area contributed by atoms with Crippen LogP contribution >= 0.6 is 0 Å². The molecule has 2 rings (SSSR count). The standard InChI is InChI=1S/C18H25NO4/c1-17(2,3)23-16(21)19-12-10-18(11-13-19,15(20)22-4)14-8-6-5-7-9-14/h5-9H,10-13H2,1-4H3. The molecule has 23 heavy (non-hydrogen) atoms. The molecule has 1 aromatic carbocycles. The molecule has 1 fully saturated rings. The molecule has 1 saturated heterocycles. The number of benzene rings is 1.